The first-order valence-electron chi connectivity index (χ1n) is 9.68. The van der Waals surface area contributed by atoms with Crippen molar-refractivity contribution in [1.82, 2.24) is 0 Å². The van der Waals surface area contributed by atoms with Crippen molar-refractivity contribution in [1.29, 1.82) is 0 Å². The van der Waals surface area contributed by atoms with Gasteiger partial charge in [-0.2, -0.15) is 0 Å². The average molecular weight is 343 g/mol. The molecule has 138 valence electrons. The number of aromatic hydroxyl groups is 1. The third-order valence-corrected chi connectivity index (χ3v) is 5.42. The fraction of sp³-hybridized carbons (Fsp3) is 0.565. The van der Waals surface area contributed by atoms with Crippen LogP contribution in [0.15, 0.2) is 36.4 Å². The molecule has 0 aliphatic heterocycles. The molecule has 1 saturated carbocycles. The predicted molar refractivity (Wildman–Crippen MR) is 106 cm³/mol. The highest BCUT2D eigenvalue weighted by Crippen LogP contribution is 2.49. The molecule has 0 heterocycles. The third kappa shape index (κ3) is 4.76. The average Bonchev–Trinajstić information content (AvgIpc) is 3.36. The number of aliphatic hydroxyl groups is 1. The lowest BCUT2D eigenvalue weighted by molar-refractivity contribution is 0.0788. The standard InChI is InChI=1S/C20H28O2.C3H6/c1-4-5-14-11-17(15-6-7-15)19(18(21)12-14)16-8-9-20(3,22)13(2)10-16;1-3-2/h10-12,15-16,21-22H,4-9H2,1-3H3;3H,1H2,2H3. The maximum absolute atomic E-state index is 10.7. The fourth-order valence-corrected chi connectivity index (χ4v) is 3.72. The Labute approximate surface area is 153 Å². The van der Waals surface area contributed by atoms with Crippen molar-refractivity contribution in [3.63, 3.8) is 0 Å². The van der Waals surface area contributed by atoms with E-state index >= 15 is 0 Å². The smallest absolute Gasteiger partial charge is 0.119 e. The molecule has 0 amide bonds. The lowest BCUT2D eigenvalue weighted by Crippen LogP contribution is -2.30. The van der Waals surface area contributed by atoms with Gasteiger partial charge in [-0.1, -0.05) is 31.6 Å². The summed E-state index contributed by atoms with van der Waals surface area (Å²) >= 11 is 0. The first-order valence-corrected chi connectivity index (χ1v) is 9.68. The van der Waals surface area contributed by atoms with Gasteiger partial charge >= 0.3 is 0 Å². The molecule has 2 aliphatic carbocycles. The van der Waals surface area contributed by atoms with Crippen LogP contribution in [0.1, 0.15) is 88.3 Å². The molecule has 2 heteroatoms. The SMILES string of the molecule is C=CC.CCCc1cc(O)c(C2C=C(C)C(C)(O)CC2)c(C2CC2)c1. The van der Waals surface area contributed by atoms with Crippen LogP contribution in [-0.2, 0) is 6.42 Å². The van der Waals surface area contributed by atoms with Crippen LogP contribution in [-0.4, -0.2) is 15.8 Å². The summed E-state index contributed by atoms with van der Waals surface area (Å²) in [5, 5.41) is 21.0. The van der Waals surface area contributed by atoms with Gasteiger partial charge in [0.25, 0.3) is 0 Å². The fourth-order valence-electron chi connectivity index (χ4n) is 3.72. The van der Waals surface area contributed by atoms with E-state index < -0.39 is 5.60 Å². The number of benzene rings is 1. The van der Waals surface area contributed by atoms with Gasteiger partial charge in [-0.25, -0.2) is 0 Å². The van der Waals surface area contributed by atoms with Gasteiger partial charge in [0, 0.05) is 11.5 Å². The molecule has 0 spiro atoms. The Balaban J connectivity index is 0.000000701. The molecule has 25 heavy (non-hydrogen) atoms. The minimum absolute atomic E-state index is 0.242. The van der Waals surface area contributed by atoms with E-state index in [-0.39, 0.29) is 5.92 Å². The Morgan fingerprint density at radius 2 is 1.92 bits per heavy atom. The monoisotopic (exact) mass is 342 g/mol. The van der Waals surface area contributed by atoms with E-state index in [1.165, 1.54) is 24.0 Å². The van der Waals surface area contributed by atoms with E-state index in [4.69, 9.17) is 0 Å². The maximum atomic E-state index is 10.7. The van der Waals surface area contributed by atoms with Crippen LogP contribution < -0.4 is 0 Å². The molecule has 2 aliphatic rings. The summed E-state index contributed by atoms with van der Waals surface area (Å²) in [6.45, 7) is 11.3. The summed E-state index contributed by atoms with van der Waals surface area (Å²) in [5.74, 6) is 1.34. The van der Waals surface area contributed by atoms with Crippen molar-refractivity contribution in [3.8, 4) is 5.75 Å². The van der Waals surface area contributed by atoms with Crippen molar-refractivity contribution < 1.29 is 10.2 Å². The van der Waals surface area contributed by atoms with Crippen LogP contribution in [0.25, 0.3) is 0 Å². The topological polar surface area (TPSA) is 40.5 Å². The number of hydrogen-bond donors (Lipinski definition) is 2. The molecular weight excluding hydrogens is 308 g/mol. The van der Waals surface area contributed by atoms with Gasteiger partial charge in [-0.15, -0.1) is 6.58 Å². The van der Waals surface area contributed by atoms with Crippen molar-refractivity contribution in [2.24, 2.45) is 0 Å². The summed E-state index contributed by atoms with van der Waals surface area (Å²) in [4.78, 5) is 0. The number of aryl methyl sites for hydroxylation is 1. The summed E-state index contributed by atoms with van der Waals surface area (Å²) in [5.41, 5.74) is 4.08. The molecule has 0 radical (unpaired) electrons. The quantitative estimate of drug-likeness (QED) is 0.660. The highest BCUT2D eigenvalue weighted by atomic mass is 16.3. The Kier molecular flexibility index (Phi) is 6.51. The van der Waals surface area contributed by atoms with Gasteiger partial charge in [-0.3, -0.25) is 0 Å². The molecule has 3 rings (SSSR count). The van der Waals surface area contributed by atoms with Crippen molar-refractivity contribution in [3.05, 3.63) is 53.1 Å². The minimum atomic E-state index is -0.686. The van der Waals surface area contributed by atoms with Crippen LogP contribution in [0.5, 0.6) is 5.75 Å². The van der Waals surface area contributed by atoms with E-state index in [1.54, 1.807) is 6.08 Å². The van der Waals surface area contributed by atoms with Crippen LogP contribution in [0.3, 0.4) is 0 Å². The molecule has 2 nitrogen and oxygen atoms in total. The second-order valence-corrected chi connectivity index (χ2v) is 7.82. The minimum Gasteiger partial charge on any atom is -0.508 e. The maximum Gasteiger partial charge on any atom is 0.119 e. The molecular formula is C23H34O2. The number of phenols is 1. The highest BCUT2D eigenvalue weighted by Gasteiger charge is 2.34. The predicted octanol–water partition coefficient (Wildman–Crippen LogP) is 5.99. The highest BCUT2D eigenvalue weighted by molar-refractivity contribution is 5.50. The van der Waals surface area contributed by atoms with Gasteiger partial charge in [0.2, 0.25) is 0 Å². The lowest BCUT2D eigenvalue weighted by Gasteiger charge is -2.33. The van der Waals surface area contributed by atoms with Crippen LogP contribution >= 0.6 is 0 Å². The summed E-state index contributed by atoms with van der Waals surface area (Å²) in [7, 11) is 0. The molecule has 2 atom stereocenters. The van der Waals surface area contributed by atoms with Gasteiger partial charge < -0.3 is 10.2 Å². The largest absolute Gasteiger partial charge is 0.508 e. The van der Waals surface area contributed by atoms with Crippen molar-refractivity contribution in [2.75, 3.05) is 0 Å². The lowest BCUT2D eigenvalue weighted by atomic mass is 9.76. The zero-order chi connectivity index (χ0) is 18.6. The van der Waals surface area contributed by atoms with E-state index in [9.17, 15) is 10.2 Å². The zero-order valence-corrected chi connectivity index (χ0v) is 16.3. The molecule has 0 bridgehead atoms. The molecule has 0 saturated heterocycles. The molecule has 0 aromatic heterocycles. The number of phenolic OH excluding ortho intramolecular Hbond substituents is 1. The van der Waals surface area contributed by atoms with Crippen LogP contribution in [0.2, 0.25) is 0 Å². The van der Waals surface area contributed by atoms with Crippen LogP contribution in [0.4, 0.5) is 0 Å². The Morgan fingerprint density at radius 3 is 2.44 bits per heavy atom. The first-order chi connectivity index (χ1) is 11.8. The van der Waals surface area contributed by atoms with Crippen molar-refractivity contribution in [2.45, 2.75) is 83.7 Å². The summed E-state index contributed by atoms with van der Waals surface area (Å²) < 4.78 is 0. The molecule has 1 aromatic rings. The van der Waals surface area contributed by atoms with E-state index in [1.807, 2.05) is 26.8 Å². The normalized spacial score (nSPS) is 25.6. The third-order valence-electron chi connectivity index (χ3n) is 5.42. The van der Waals surface area contributed by atoms with E-state index in [0.29, 0.717) is 11.7 Å². The first kappa shape index (κ1) is 19.8. The van der Waals surface area contributed by atoms with Crippen LogP contribution in [0, 0.1) is 0 Å². The molecule has 1 aromatic carbocycles. The van der Waals surface area contributed by atoms with Gasteiger partial charge in [0.15, 0.2) is 0 Å². The zero-order valence-electron chi connectivity index (χ0n) is 16.3. The van der Waals surface area contributed by atoms with E-state index in [2.05, 4.69) is 25.6 Å². The van der Waals surface area contributed by atoms with Crippen molar-refractivity contribution >= 4 is 0 Å². The number of rotatable bonds is 4. The molecule has 2 unspecified atom stereocenters. The van der Waals surface area contributed by atoms with Gasteiger partial charge in [0.05, 0.1) is 5.60 Å². The summed E-state index contributed by atoms with van der Waals surface area (Å²) in [6.07, 6.45) is 10.2. The molecule has 1 fully saturated rings. The Morgan fingerprint density at radius 1 is 1.28 bits per heavy atom. The van der Waals surface area contributed by atoms with E-state index in [0.717, 1.165) is 36.8 Å². The van der Waals surface area contributed by atoms with Gasteiger partial charge in [-0.05, 0) is 81.6 Å². The van der Waals surface area contributed by atoms with Gasteiger partial charge in [0.1, 0.15) is 5.75 Å². The second kappa shape index (κ2) is 8.23. The Hall–Kier alpha value is -1.54. The Bertz CT molecular complexity index is 636. The summed E-state index contributed by atoms with van der Waals surface area (Å²) in [6, 6.07) is 4.28. The number of allylic oxidation sites excluding steroid dienone is 2. The number of hydrogen-bond acceptors (Lipinski definition) is 2. The second-order valence-electron chi connectivity index (χ2n) is 7.82. The molecule has 2 N–H and O–H groups in total.